The number of aromatic nitrogens is 2. The van der Waals surface area contributed by atoms with Crippen molar-refractivity contribution in [1.82, 2.24) is 9.78 Å². The van der Waals surface area contributed by atoms with E-state index in [0.29, 0.717) is 13.2 Å². The zero-order valence-corrected chi connectivity index (χ0v) is 8.72. The van der Waals surface area contributed by atoms with E-state index in [1.165, 1.54) is 18.4 Å². The van der Waals surface area contributed by atoms with Gasteiger partial charge in [-0.25, -0.2) is 0 Å². The minimum absolute atomic E-state index is 0.127. The van der Waals surface area contributed by atoms with E-state index >= 15 is 0 Å². The topological polar surface area (TPSA) is 47.3 Å². The molecule has 1 aromatic rings. The van der Waals surface area contributed by atoms with Crippen molar-refractivity contribution >= 4 is 0 Å². The Morgan fingerprint density at radius 3 is 3.13 bits per heavy atom. The summed E-state index contributed by atoms with van der Waals surface area (Å²) < 4.78 is 7.43. The minimum atomic E-state index is 0.127. The van der Waals surface area contributed by atoms with Crippen molar-refractivity contribution in [3.63, 3.8) is 0 Å². The van der Waals surface area contributed by atoms with E-state index in [1.54, 1.807) is 0 Å². The van der Waals surface area contributed by atoms with Gasteiger partial charge in [-0.1, -0.05) is 0 Å². The van der Waals surface area contributed by atoms with E-state index in [-0.39, 0.29) is 12.5 Å². The average molecular weight is 208 g/mol. The Labute approximate surface area is 88.9 Å². The summed E-state index contributed by atoms with van der Waals surface area (Å²) in [5, 5.41) is 13.7. The molecule has 2 heterocycles. The number of aliphatic hydroxyl groups is 1. The molecule has 15 heavy (non-hydrogen) atoms. The Morgan fingerprint density at radius 2 is 2.40 bits per heavy atom. The molecule has 2 aliphatic rings. The number of rotatable bonds is 3. The van der Waals surface area contributed by atoms with Gasteiger partial charge in [-0.05, 0) is 18.8 Å². The van der Waals surface area contributed by atoms with Crippen LogP contribution >= 0.6 is 0 Å². The average Bonchev–Trinajstić information content (AvgIpc) is 2.95. The first-order valence-corrected chi connectivity index (χ1v) is 5.61. The lowest BCUT2D eigenvalue weighted by Crippen LogP contribution is -2.18. The van der Waals surface area contributed by atoms with E-state index in [0.717, 1.165) is 18.2 Å². The van der Waals surface area contributed by atoms with Crippen LogP contribution in [0.2, 0.25) is 0 Å². The second-order valence-corrected chi connectivity index (χ2v) is 4.59. The summed E-state index contributed by atoms with van der Waals surface area (Å²) in [6.45, 7) is 2.41. The van der Waals surface area contributed by atoms with Crippen LogP contribution in [-0.2, 0) is 17.9 Å². The fourth-order valence-electron chi connectivity index (χ4n) is 2.13. The maximum Gasteiger partial charge on any atom is 0.0918 e. The van der Waals surface area contributed by atoms with Crippen molar-refractivity contribution in [3.05, 3.63) is 17.5 Å². The Hall–Kier alpha value is -0.870. The summed E-state index contributed by atoms with van der Waals surface area (Å²) in [7, 11) is 0. The first-order valence-electron chi connectivity index (χ1n) is 5.61. The summed E-state index contributed by atoms with van der Waals surface area (Å²) in [5.41, 5.74) is 2.20. The Bertz CT molecular complexity index is 357. The molecule has 1 saturated carbocycles. The molecule has 0 spiro atoms. The van der Waals surface area contributed by atoms with Gasteiger partial charge in [0.1, 0.15) is 0 Å². The molecule has 1 fully saturated rings. The van der Waals surface area contributed by atoms with Gasteiger partial charge in [-0.3, -0.25) is 4.68 Å². The molecule has 0 bridgehead atoms. The Kier molecular flexibility index (Phi) is 2.25. The molecule has 4 heteroatoms. The highest BCUT2D eigenvalue weighted by atomic mass is 16.5. The maximum absolute atomic E-state index is 9.22. The van der Waals surface area contributed by atoms with Crippen LogP contribution in [0.25, 0.3) is 0 Å². The largest absolute Gasteiger partial charge is 0.396 e. The number of hydrogen-bond acceptors (Lipinski definition) is 3. The highest BCUT2D eigenvalue weighted by Crippen LogP contribution is 2.32. The van der Waals surface area contributed by atoms with Gasteiger partial charge >= 0.3 is 0 Å². The van der Waals surface area contributed by atoms with Crippen LogP contribution in [0.15, 0.2) is 6.20 Å². The van der Waals surface area contributed by atoms with Crippen molar-refractivity contribution in [2.45, 2.75) is 31.9 Å². The van der Waals surface area contributed by atoms with Crippen molar-refractivity contribution < 1.29 is 9.84 Å². The summed E-state index contributed by atoms with van der Waals surface area (Å²) >= 11 is 0. The quantitative estimate of drug-likeness (QED) is 0.802. The summed E-state index contributed by atoms with van der Waals surface area (Å²) in [5.74, 6) is 0.960. The molecule has 4 nitrogen and oxygen atoms in total. The van der Waals surface area contributed by atoms with Crippen LogP contribution < -0.4 is 0 Å². The molecule has 0 radical (unpaired) electrons. The lowest BCUT2D eigenvalue weighted by Gasteiger charge is -2.19. The molecule has 1 N–H and O–H groups in total. The monoisotopic (exact) mass is 208 g/mol. The van der Waals surface area contributed by atoms with Gasteiger partial charge in [0.25, 0.3) is 0 Å². The second-order valence-electron chi connectivity index (χ2n) is 4.59. The molecule has 3 rings (SSSR count). The highest BCUT2D eigenvalue weighted by molar-refractivity contribution is 5.23. The lowest BCUT2D eigenvalue weighted by atomic mass is 10.00. The zero-order valence-electron chi connectivity index (χ0n) is 8.72. The van der Waals surface area contributed by atoms with Gasteiger partial charge < -0.3 is 9.84 Å². The van der Waals surface area contributed by atoms with Gasteiger partial charge in [0, 0.05) is 24.2 Å². The lowest BCUT2D eigenvalue weighted by molar-refractivity contribution is 0.0702. The van der Waals surface area contributed by atoms with Crippen LogP contribution in [0.5, 0.6) is 0 Å². The van der Waals surface area contributed by atoms with Gasteiger partial charge in [0.05, 0.1) is 25.5 Å². The molecule has 0 unspecified atom stereocenters. The summed E-state index contributed by atoms with van der Waals surface area (Å²) in [4.78, 5) is 0. The molecule has 1 aliphatic carbocycles. The molecule has 0 amide bonds. The van der Waals surface area contributed by atoms with E-state index in [2.05, 4.69) is 11.3 Å². The van der Waals surface area contributed by atoms with E-state index in [9.17, 15) is 5.11 Å². The smallest absolute Gasteiger partial charge is 0.0918 e. The Balaban J connectivity index is 1.83. The first-order chi connectivity index (χ1) is 7.36. The number of ether oxygens (including phenoxy) is 1. The van der Waals surface area contributed by atoms with Gasteiger partial charge in [0.15, 0.2) is 0 Å². The van der Waals surface area contributed by atoms with Crippen LogP contribution in [0.3, 0.4) is 0 Å². The molecule has 1 aromatic heterocycles. The molecular formula is C11H16N2O2. The normalized spacial score (nSPS) is 25.3. The van der Waals surface area contributed by atoms with E-state index in [4.69, 9.17) is 4.74 Å². The van der Waals surface area contributed by atoms with Crippen molar-refractivity contribution in [1.29, 1.82) is 0 Å². The summed E-state index contributed by atoms with van der Waals surface area (Å²) in [6, 6.07) is 0. The van der Waals surface area contributed by atoms with Gasteiger partial charge in [-0.15, -0.1) is 0 Å². The molecule has 82 valence electrons. The third-order valence-corrected chi connectivity index (χ3v) is 3.23. The predicted octanol–water partition coefficient (Wildman–Crippen LogP) is 0.899. The Morgan fingerprint density at radius 1 is 1.53 bits per heavy atom. The van der Waals surface area contributed by atoms with Crippen molar-refractivity contribution in [3.8, 4) is 0 Å². The fraction of sp³-hybridized carbons (Fsp3) is 0.727. The van der Waals surface area contributed by atoms with Crippen LogP contribution in [0.4, 0.5) is 0 Å². The van der Waals surface area contributed by atoms with Crippen LogP contribution in [0, 0.1) is 5.92 Å². The second kappa shape index (κ2) is 3.61. The molecule has 1 aliphatic heterocycles. The molecule has 0 aromatic carbocycles. The van der Waals surface area contributed by atoms with Crippen molar-refractivity contribution in [2.75, 3.05) is 13.2 Å². The van der Waals surface area contributed by atoms with Crippen molar-refractivity contribution in [2.24, 2.45) is 5.92 Å². The highest BCUT2D eigenvalue weighted by Gasteiger charge is 2.26. The number of aliphatic hydroxyl groups excluding tert-OH is 1. The zero-order chi connectivity index (χ0) is 10.3. The minimum Gasteiger partial charge on any atom is -0.396 e. The number of nitrogens with zero attached hydrogens (tertiary/aromatic N) is 2. The van der Waals surface area contributed by atoms with Gasteiger partial charge in [-0.2, -0.15) is 5.10 Å². The summed E-state index contributed by atoms with van der Waals surface area (Å²) in [6.07, 6.45) is 4.77. The SMILES string of the molecule is OC[C@H]1COCc2nn(CC3CC3)cc21. The predicted molar refractivity (Wildman–Crippen MR) is 54.4 cm³/mol. The third-order valence-electron chi connectivity index (χ3n) is 3.23. The van der Waals surface area contributed by atoms with E-state index < -0.39 is 0 Å². The van der Waals surface area contributed by atoms with Gasteiger partial charge in [0.2, 0.25) is 0 Å². The first kappa shape index (κ1) is 9.36. The molecule has 1 atom stereocenters. The number of hydrogen-bond donors (Lipinski definition) is 1. The fourth-order valence-corrected chi connectivity index (χ4v) is 2.13. The van der Waals surface area contributed by atoms with Crippen LogP contribution in [-0.4, -0.2) is 28.1 Å². The standard InChI is InChI=1S/C11H16N2O2/c14-5-9-6-15-7-11-10(9)4-13(12-11)3-8-1-2-8/h4,8-9,14H,1-3,5-7H2/t9-/m0/s1. The molecular weight excluding hydrogens is 192 g/mol. The third kappa shape index (κ3) is 1.79. The maximum atomic E-state index is 9.22. The van der Waals surface area contributed by atoms with E-state index in [1.807, 2.05) is 4.68 Å². The molecule has 0 saturated heterocycles. The number of fused-ring (bicyclic) bond motifs is 1. The van der Waals surface area contributed by atoms with Crippen LogP contribution in [0.1, 0.15) is 30.0 Å².